The molecule has 0 saturated carbocycles. The molecule has 0 aliphatic heterocycles. The van der Waals surface area contributed by atoms with E-state index in [1.807, 2.05) is 12.1 Å². The molecular weight excluding hydrogens is 256 g/mol. The zero-order valence-electron chi connectivity index (χ0n) is 12.3. The number of anilines is 1. The zero-order chi connectivity index (χ0) is 15.3. The highest BCUT2D eigenvalue weighted by molar-refractivity contribution is 5.92. The first kappa shape index (κ1) is 16.0. The van der Waals surface area contributed by atoms with Gasteiger partial charge < -0.3 is 15.7 Å². The lowest BCUT2D eigenvalue weighted by Gasteiger charge is -2.18. The summed E-state index contributed by atoms with van der Waals surface area (Å²) in [5.74, 6) is -0.790. The maximum Gasteiger partial charge on any atom is 0.326 e. The highest BCUT2D eigenvalue weighted by Crippen LogP contribution is 2.17. The number of nitrogens with one attached hydrogen (secondary N) is 2. The molecule has 0 spiro atoms. The normalized spacial score (nSPS) is 12.3. The molecule has 1 rings (SSSR count). The van der Waals surface area contributed by atoms with Crippen molar-refractivity contribution >= 4 is 17.7 Å². The van der Waals surface area contributed by atoms with Gasteiger partial charge in [0, 0.05) is 5.69 Å². The van der Waals surface area contributed by atoms with Crippen molar-refractivity contribution in [3.8, 4) is 0 Å². The maximum absolute atomic E-state index is 11.8. The molecule has 0 aromatic heterocycles. The van der Waals surface area contributed by atoms with Crippen LogP contribution in [-0.2, 0) is 4.79 Å². The molecule has 5 nitrogen and oxygen atoms in total. The van der Waals surface area contributed by atoms with Crippen molar-refractivity contribution in [1.29, 1.82) is 0 Å². The third-order valence-corrected chi connectivity index (χ3v) is 3.05. The van der Waals surface area contributed by atoms with Crippen molar-refractivity contribution < 1.29 is 14.7 Å². The van der Waals surface area contributed by atoms with E-state index in [9.17, 15) is 9.59 Å². The van der Waals surface area contributed by atoms with Crippen LogP contribution in [0.15, 0.2) is 24.3 Å². The van der Waals surface area contributed by atoms with Gasteiger partial charge in [0.15, 0.2) is 0 Å². The van der Waals surface area contributed by atoms with Crippen LogP contribution in [0.4, 0.5) is 10.5 Å². The molecule has 1 aromatic rings. The van der Waals surface area contributed by atoms with Crippen molar-refractivity contribution in [2.45, 2.75) is 39.7 Å². The average molecular weight is 278 g/mol. The van der Waals surface area contributed by atoms with Gasteiger partial charge in [0.2, 0.25) is 0 Å². The van der Waals surface area contributed by atoms with Crippen LogP contribution in [0.1, 0.15) is 39.2 Å². The van der Waals surface area contributed by atoms with Crippen molar-refractivity contribution in [1.82, 2.24) is 5.32 Å². The summed E-state index contributed by atoms with van der Waals surface area (Å²) in [6.45, 7) is 7.68. The van der Waals surface area contributed by atoms with Crippen LogP contribution < -0.4 is 10.6 Å². The summed E-state index contributed by atoms with van der Waals surface area (Å²) in [7, 11) is 0. The largest absolute Gasteiger partial charge is 0.480 e. The van der Waals surface area contributed by atoms with Crippen LogP contribution >= 0.6 is 0 Å². The summed E-state index contributed by atoms with van der Waals surface area (Å²) >= 11 is 0. The Hall–Kier alpha value is -2.04. The Balaban J connectivity index is 2.64. The topological polar surface area (TPSA) is 78.4 Å². The molecule has 1 aromatic carbocycles. The van der Waals surface area contributed by atoms with E-state index < -0.39 is 18.0 Å². The molecule has 1 atom stereocenters. The predicted octanol–water partition coefficient (Wildman–Crippen LogP) is 3.04. The molecule has 0 bridgehead atoms. The lowest BCUT2D eigenvalue weighted by molar-refractivity contribution is -0.140. The number of carbonyl (C=O) groups excluding carboxylic acids is 1. The molecule has 0 saturated heterocycles. The third-order valence-electron chi connectivity index (χ3n) is 3.05. The Bertz CT molecular complexity index is 467. The first-order valence-corrected chi connectivity index (χ1v) is 6.71. The fraction of sp³-hybridized carbons (Fsp3) is 0.467. The lowest BCUT2D eigenvalue weighted by Crippen LogP contribution is -2.46. The van der Waals surface area contributed by atoms with Crippen molar-refractivity contribution in [3.05, 3.63) is 29.8 Å². The lowest BCUT2D eigenvalue weighted by atomic mass is 10.0. The summed E-state index contributed by atoms with van der Waals surface area (Å²) in [6, 6.07) is 6.09. The molecule has 1 unspecified atom stereocenters. The van der Waals surface area contributed by atoms with Gasteiger partial charge in [0.05, 0.1) is 0 Å². The molecule has 0 heterocycles. The van der Waals surface area contributed by atoms with Gasteiger partial charge in [0.1, 0.15) is 6.04 Å². The molecule has 0 radical (unpaired) electrons. The summed E-state index contributed by atoms with van der Waals surface area (Å²) in [5.41, 5.74) is 1.82. The monoisotopic (exact) mass is 278 g/mol. The fourth-order valence-electron chi connectivity index (χ4n) is 1.77. The molecule has 5 heteroatoms. The van der Waals surface area contributed by atoms with Crippen LogP contribution in [0.5, 0.6) is 0 Å². The Morgan fingerprint density at radius 2 is 1.60 bits per heavy atom. The number of hydrogen-bond acceptors (Lipinski definition) is 2. The SMILES string of the molecule is CC(C)c1ccc(NC(=O)NC(C(=O)O)C(C)C)cc1. The minimum atomic E-state index is -1.04. The van der Waals surface area contributed by atoms with Gasteiger partial charge in [-0.1, -0.05) is 39.8 Å². The highest BCUT2D eigenvalue weighted by atomic mass is 16.4. The second kappa shape index (κ2) is 6.93. The van der Waals surface area contributed by atoms with E-state index in [2.05, 4.69) is 24.5 Å². The highest BCUT2D eigenvalue weighted by Gasteiger charge is 2.23. The van der Waals surface area contributed by atoms with Gasteiger partial charge >= 0.3 is 12.0 Å². The van der Waals surface area contributed by atoms with E-state index in [0.717, 1.165) is 0 Å². The first-order chi connectivity index (χ1) is 9.31. The van der Waals surface area contributed by atoms with Gasteiger partial charge in [-0.2, -0.15) is 0 Å². The smallest absolute Gasteiger partial charge is 0.326 e. The Morgan fingerprint density at radius 3 is 2.00 bits per heavy atom. The summed E-state index contributed by atoms with van der Waals surface area (Å²) < 4.78 is 0. The second-order valence-electron chi connectivity index (χ2n) is 5.44. The minimum Gasteiger partial charge on any atom is -0.480 e. The molecule has 20 heavy (non-hydrogen) atoms. The quantitative estimate of drug-likeness (QED) is 0.774. The number of hydrogen-bond donors (Lipinski definition) is 3. The van der Waals surface area contributed by atoms with Crippen LogP contribution in [0, 0.1) is 5.92 Å². The molecule has 0 aliphatic carbocycles. The molecule has 0 aliphatic rings. The van der Waals surface area contributed by atoms with E-state index in [4.69, 9.17) is 5.11 Å². The number of aliphatic carboxylic acids is 1. The summed E-state index contributed by atoms with van der Waals surface area (Å²) in [4.78, 5) is 22.8. The first-order valence-electron chi connectivity index (χ1n) is 6.71. The van der Waals surface area contributed by atoms with Gasteiger partial charge in [-0.25, -0.2) is 9.59 Å². The molecule has 2 amide bonds. The van der Waals surface area contributed by atoms with Crippen LogP contribution in [0.25, 0.3) is 0 Å². The maximum atomic E-state index is 11.8. The van der Waals surface area contributed by atoms with E-state index in [0.29, 0.717) is 11.6 Å². The van der Waals surface area contributed by atoms with Gasteiger partial charge in [0.25, 0.3) is 0 Å². The van der Waals surface area contributed by atoms with Gasteiger partial charge in [-0.3, -0.25) is 0 Å². The van der Waals surface area contributed by atoms with Crippen LogP contribution in [0.3, 0.4) is 0 Å². The predicted molar refractivity (Wildman–Crippen MR) is 78.9 cm³/mol. The third kappa shape index (κ3) is 4.57. The fourth-order valence-corrected chi connectivity index (χ4v) is 1.77. The van der Waals surface area contributed by atoms with Crippen molar-refractivity contribution in [2.75, 3.05) is 5.32 Å². The molecule has 3 N–H and O–H groups in total. The van der Waals surface area contributed by atoms with Crippen molar-refractivity contribution in [3.63, 3.8) is 0 Å². The second-order valence-corrected chi connectivity index (χ2v) is 5.44. The van der Waals surface area contributed by atoms with E-state index in [1.54, 1.807) is 26.0 Å². The number of carbonyl (C=O) groups is 2. The van der Waals surface area contributed by atoms with E-state index in [1.165, 1.54) is 5.56 Å². The molecule has 0 fully saturated rings. The van der Waals surface area contributed by atoms with Gasteiger partial charge in [-0.15, -0.1) is 0 Å². The van der Waals surface area contributed by atoms with Crippen molar-refractivity contribution in [2.24, 2.45) is 5.92 Å². The van der Waals surface area contributed by atoms with Crippen LogP contribution in [0.2, 0.25) is 0 Å². The number of amides is 2. The Labute approximate surface area is 119 Å². The molecule has 110 valence electrons. The van der Waals surface area contributed by atoms with E-state index >= 15 is 0 Å². The number of benzene rings is 1. The number of rotatable bonds is 5. The zero-order valence-corrected chi connectivity index (χ0v) is 12.3. The number of carboxylic acids is 1. The summed E-state index contributed by atoms with van der Waals surface area (Å²) in [5, 5.41) is 14.1. The minimum absolute atomic E-state index is 0.179. The number of urea groups is 1. The summed E-state index contributed by atoms with van der Waals surface area (Å²) in [6.07, 6.45) is 0. The standard InChI is InChI=1S/C15H22N2O3/c1-9(2)11-5-7-12(8-6-11)16-15(20)17-13(10(3)4)14(18)19/h5-10,13H,1-4H3,(H,18,19)(H2,16,17,20). The Morgan fingerprint density at radius 1 is 1.05 bits per heavy atom. The van der Waals surface area contributed by atoms with E-state index in [-0.39, 0.29) is 5.92 Å². The van der Waals surface area contributed by atoms with Crippen LogP contribution in [-0.4, -0.2) is 23.1 Å². The number of carboxylic acid groups (broad SMARTS) is 1. The average Bonchev–Trinajstić information content (AvgIpc) is 2.35. The molecular formula is C15H22N2O3. The van der Waals surface area contributed by atoms with Gasteiger partial charge in [-0.05, 0) is 29.5 Å². The Kier molecular flexibility index (Phi) is 5.55.